The van der Waals surface area contributed by atoms with Gasteiger partial charge in [-0.2, -0.15) is 0 Å². The number of rotatable bonds is 5. The van der Waals surface area contributed by atoms with Crippen molar-refractivity contribution in [3.05, 3.63) is 24.3 Å². The Morgan fingerprint density at radius 1 is 1.27 bits per heavy atom. The maximum absolute atomic E-state index is 11.2. The summed E-state index contributed by atoms with van der Waals surface area (Å²) in [5.41, 5.74) is 0. The third kappa shape index (κ3) is 4.24. The van der Waals surface area contributed by atoms with Crippen LogP contribution in [0.25, 0.3) is 0 Å². The van der Waals surface area contributed by atoms with Crippen molar-refractivity contribution >= 4 is 21.6 Å². The van der Waals surface area contributed by atoms with Crippen molar-refractivity contribution in [3.63, 3.8) is 0 Å². The molecule has 0 aliphatic rings. The van der Waals surface area contributed by atoms with Crippen molar-refractivity contribution in [2.45, 2.75) is 9.79 Å². The summed E-state index contributed by atoms with van der Waals surface area (Å²) in [6, 6.07) is 6.99. The molecule has 1 aromatic carbocycles. The Hall–Kier alpha value is -0.520. The summed E-state index contributed by atoms with van der Waals surface area (Å²) in [5.74, 6) is 0.981. The van der Waals surface area contributed by atoms with E-state index in [4.69, 9.17) is 0 Å². The molecule has 0 unspecified atom stereocenters. The third-order valence-electron chi connectivity index (χ3n) is 1.87. The van der Waals surface area contributed by atoms with Crippen LogP contribution in [-0.2, 0) is 9.84 Å². The number of hydrogen-bond donors (Lipinski definition) is 1. The average Bonchev–Trinajstić information content (AvgIpc) is 2.18. The van der Waals surface area contributed by atoms with Crippen LogP contribution in [0.4, 0.5) is 0 Å². The molecule has 3 nitrogen and oxygen atoms in total. The molecule has 84 valence electrons. The molecule has 0 heterocycles. The largest absolute Gasteiger partial charge is 0.319 e. The molecule has 1 aromatic rings. The van der Waals surface area contributed by atoms with E-state index in [1.54, 1.807) is 23.9 Å². The second kappa shape index (κ2) is 5.53. The smallest absolute Gasteiger partial charge is 0.175 e. The van der Waals surface area contributed by atoms with E-state index in [0.717, 1.165) is 17.2 Å². The molecule has 0 amide bonds. The lowest BCUT2D eigenvalue weighted by atomic mass is 10.4. The van der Waals surface area contributed by atoms with Crippen molar-refractivity contribution in [3.8, 4) is 0 Å². The van der Waals surface area contributed by atoms with E-state index in [1.165, 1.54) is 6.26 Å². The van der Waals surface area contributed by atoms with E-state index in [2.05, 4.69) is 5.32 Å². The molecule has 0 spiro atoms. The monoisotopic (exact) mass is 245 g/mol. The zero-order valence-electron chi connectivity index (χ0n) is 8.86. The fourth-order valence-electron chi connectivity index (χ4n) is 1.05. The topological polar surface area (TPSA) is 46.2 Å². The first-order chi connectivity index (χ1) is 7.04. The van der Waals surface area contributed by atoms with Gasteiger partial charge in [0, 0.05) is 23.4 Å². The van der Waals surface area contributed by atoms with Gasteiger partial charge in [-0.25, -0.2) is 8.42 Å². The van der Waals surface area contributed by atoms with Crippen molar-refractivity contribution in [2.75, 3.05) is 25.6 Å². The number of nitrogens with one attached hydrogen (secondary N) is 1. The van der Waals surface area contributed by atoms with E-state index >= 15 is 0 Å². The maximum atomic E-state index is 11.2. The lowest BCUT2D eigenvalue weighted by molar-refractivity contribution is 0.602. The van der Waals surface area contributed by atoms with Gasteiger partial charge in [0.15, 0.2) is 9.84 Å². The fraction of sp³-hybridized carbons (Fsp3) is 0.400. The lowest BCUT2D eigenvalue weighted by Gasteiger charge is -2.02. The predicted molar refractivity (Wildman–Crippen MR) is 64.2 cm³/mol. The van der Waals surface area contributed by atoms with Gasteiger partial charge in [-0.15, -0.1) is 11.8 Å². The van der Waals surface area contributed by atoms with Crippen LogP contribution in [0.2, 0.25) is 0 Å². The van der Waals surface area contributed by atoms with Crippen molar-refractivity contribution < 1.29 is 8.42 Å². The van der Waals surface area contributed by atoms with Gasteiger partial charge in [-0.3, -0.25) is 0 Å². The highest BCUT2D eigenvalue weighted by atomic mass is 32.2. The molecular weight excluding hydrogens is 230 g/mol. The summed E-state index contributed by atoms with van der Waals surface area (Å²) in [5, 5.41) is 3.06. The van der Waals surface area contributed by atoms with Gasteiger partial charge >= 0.3 is 0 Å². The van der Waals surface area contributed by atoms with Gasteiger partial charge in [-0.05, 0) is 31.3 Å². The fourth-order valence-corrected chi connectivity index (χ4v) is 2.55. The Bertz CT molecular complexity index is 398. The van der Waals surface area contributed by atoms with Gasteiger partial charge in [0.1, 0.15) is 0 Å². The van der Waals surface area contributed by atoms with E-state index in [1.807, 2.05) is 19.2 Å². The van der Waals surface area contributed by atoms with Crippen LogP contribution in [-0.4, -0.2) is 34.0 Å². The second-order valence-electron chi connectivity index (χ2n) is 3.20. The Morgan fingerprint density at radius 2 is 1.87 bits per heavy atom. The summed E-state index contributed by atoms with van der Waals surface area (Å²) in [6.45, 7) is 0.943. The Labute approximate surface area is 95.2 Å². The maximum Gasteiger partial charge on any atom is 0.175 e. The van der Waals surface area contributed by atoms with Crippen LogP contribution in [0.1, 0.15) is 0 Å². The van der Waals surface area contributed by atoms with Crippen LogP contribution in [0, 0.1) is 0 Å². The van der Waals surface area contributed by atoms with Gasteiger partial charge < -0.3 is 5.32 Å². The standard InChI is InChI=1S/C10H15NO2S2/c1-11-7-8-14-9-3-5-10(6-4-9)15(2,12)13/h3-6,11H,7-8H2,1-2H3. The summed E-state index contributed by atoms with van der Waals surface area (Å²) in [6.07, 6.45) is 1.22. The van der Waals surface area contributed by atoms with Crippen molar-refractivity contribution in [1.82, 2.24) is 5.32 Å². The first-order valence-corrected chi connectivity index (χ1v) is 7.49. The first kappa shape index (κ1) is 12.5. The van der Waals surface area contributed by atoms with E-state index < -0.39 is 9.84 Å². The minimum absolute atomic E-state index is 0.375. The van der Waals surface area contributed by atoms with E-state index in [-0.39, 0.29) is 0 Å². The summed E-state index contributed by atoms with van der Waals surface area (Å²) in [7, 11) is -1.16. The lowest BCUT2D eigenvalue weighted by Crippen LogP contribution is -2.09. The summed E-state index contributed by atoms with van der Waals surface area (Å²) < 4.78 is 22.4. The molecule has 0 aliphatic carbocycles. The Balaban J connectivity index is 2.65. The molecule has 0 bridgehead atoms. The Kier molecular flexibility index (Phi) is 4.63. The molecule has 0 saturated carbocycles. The van der Waals surface area contributed by atoms with Crippen molar-refractivity contribution in [2.24, 2.45) is 0 Å². The zero-order chi connectivity index (χ0) is 11.3. The normalized spacial score (nSPS) is 11.6. The van der Waals surface area contributed by atoms with E-state index in [0.29, 0.717) is 4.90 Å². The van der Waals surface area contributed by atoms with E-state index in [9.17, 15) is 8.42 Å². The molecule has 1 rings (SSSR count). The highest BCUT2D eigenvalue weighted by molar-refractivity contribution is 7.99. The number of sulfone groups is 1. The minimum Gasteiger partial charge on any atom is -0.319 e. The molecule has 0 fully saturated rings. The highest BCUT2D eigenvalue weighted by Crippen LogP contribution is 2.19. The molecule has 0 aliphatic heterocycles. The van der Waals surface area contributed by atoms with Crippen LogP contribution in [0.3, 0.4) is 0 Å². The van der Waals surface area contributed by atoms with Crippen molar-refractivity contribution in [1.29, 1.82) is 0 Å². The highest BCUT2D eigenvalue weighted by Gasteiger charge is 2.05. The SMILES string of the molecule is CNCCSc1ccc(S(C)(=O)=O)cc1. The zero-order valence-corrected chi connectivity index (χ0v) is 10.5. The number of hydrogen-bond acceptors (Lipinski definition) is 4. The molecular formula is C10H15NO2S2. The van der Waals surface area contributed by atoms with Gasteiger partial charge in [0.2, 0.25) is 0 Å². The molecule has 5 heteroatoms. The quantitative estimate of drug-likeness (QED) is 0.629. The summed E-state index contributed by atoms with van der Waals surface area (Å²) >= 11 is 1.71. The van der Waals surface area contributed by atoms with Crippen LogP contribution in [0.15, 0.2) is 34.1 Å². The van der Waals surface area contributed by atoms with Crippen LogP contribution >= 0.6 is 11.8 Å². The third-order valence-corrected chi connectivity index (χ3v) is 4.01. The van der Waals surface area contributed by atoms with Gasteiger partial charge in [0.05, 0.1) is 4.90 Å². The predicted octanol–water partition coefficient (Wildman–Crippen LogP) is 1.40. The summed E-state index contributed by atoms with van der Waals surface area (Å²) in [4.78, 5) is 1.47. The van der Waals surface area contributed by atoms with Gasteiger partial charge in [0.25, 0.3) is 0 Å². The number of benzene rings is 1. The first-order valence-electron chi connectivity index (χ1n) is 4.61. The van der Waals surface area contributed by atoms with Gasteiger partial charge in [-0.1, -0.05) is 0 Å². The van der Waals surface area contributed by atoms with Crippen LogP contribution < -0.4 is 5.32 Å². The van der Waals surface area contributed by atoms with Crippen LogP contribution in [0.5, 0.6) is 0 Å². The molecule has 15 heavy (non-hydrogen) atoms. The molecule has 1 N–H and O–H groups in total. The molecule has 0 saturated heterocycles. The molecule has 0 aromatic heterocycles. The number of thioether (sulfide) groups is 1. The second-order valence-corrected chi connectivity index (χ2v) is 6.38. The average molecular weight is 245 g/mol. The minimum atomic E-state index is -3.07. The Morgan fingerprint density at radius 3 is 2.33 bits per heavy atom. The molecule has 0 radical (unpaired) electrons. The molecule has 0 atom stereocenters.